The van der Waals surface area contributed by atoms with Gasteiger partial charge in [0.1, 0.15) is 10.8 Å². The minimum absolute atomic E-state index is 0.656. The summed E-state index contributed by atoms with van der Waals surface area (Å²) < 4.78 is 6.51. The summed E-state index contributed by atoms with van der Waals surface area (Å²) in [5.74, 6) is 0.850. The number of benzene rings is 1. The number of halogens is 1. The number of fused-ring (bicyclic) bond motifs is 1. The lowest BCUT2D eigenvalue weighted by molar-refractivity contribution is 0.340. The van der Waals surface area contributed by atoms with Crippen LogP contribution in [0.3, 0.4) is 0 Å². The number of hydrogen-bond donors (Lipinski definition) is 1. The van der Waals surface area contributed by atoms with E-state index < -0.39 is 0 Å². The second-order valence-corrected chi connectivity index (χ2v) is 6.34. The van der Waals surface area contributed by atoms with Crippen LogP contribution < -0.4 is 4.74 Å². The normalized spacial score (nSPS) is 11.0. The molecule has 2 aromatic heterocycles. The van der Waals surface area contributed by atoms with Crippen LogP contribution in [0.2, 0.25) is 0 Å². The van der Waals surface area contributed by atoms with Gasteiger partial charge in [0, 0.05) is 10.5 Å². The molecule has 0 amide bonds. The van der Waals surface area contributed by atoms with Gasteiger partial charge >= 0.3 is 0 Å². The van der Waals surface area contributed by atoms with Crippen molar-refractivity contribution in [2.24, 2.45) is 0 Å². The summed E-state index contributed by atoms with van der Waals surface area (Å²) in [7, 11) is 0. The minimum Gasteiger partial charge on any atom is -0.494 e. The average Bonchev–Trinajstić information content (AvgIpc) is 2.85. The molecule has 0 saturated carbocycles. The summed E-state index contributed by atoms with van der Waals surface area (Å²) in [6.45, 7) is 4.60. The number of hydrogen-bond acceptors (Lipinski definition) is 4. The first-order chi connectivity index (χ1) is 10.2. The van der Waals surface area contributed by atoms with Gasteiger partial charge in [-0.3, -0.25) is 0 Å². The van der Waals surface area contributed by atoms with Crippen LogP contribution in [0, 0.1) is 6.92 Å². The maximum Gasteiger partial charge on any atom is 0.172 e. The van der Waals surface area contributed by atoms with Crippen LogP contribution in [0.4, 0.5) is 0 Å². The molecule has 0 aliphatic heterocycles. The van der Waals surface area contributed by atoms with E-state index in [9.17, 15) is 0 Å². The van der Waals surface area contributed by atoms with E-state index in [0.717, 1.165) is 37.1 Å². The Morgan fingerprint density at radius 2 is 2.10 bits per heavy atom. The summed E-state index contributed by atoms with van der Waals surface area (Å²) in [4.78, 5) is 12.4. The minimum atomic E-state index is 0.656. The van der Waals surface area contributed by atoms with Gasteiger partial charge in [-0.1, -0.05) is 0 Å². The van der Waals surface area contributed by atoms with Crippen LogP contribution in [-0.4, -0.2) is 21.6 Å². The second-order valence-electron chi connectivity index (χ2n) is 4.47. The maximum atomic E-state index is 5.50. The summed E-state index contributed by atoms with van der Waals surface area (Å²) in [6.07, 6.45) is 0. The Morgan fingerprint density at radius 1 is 1.24 bits per heavy atom. The molecule has 108 valence electrons. The zero-order chi connectivity index (χ0) is 14.8. The SMILES string of the molecule is CCOc1ccc2nc(Sc3ccc(Br)c(C)n3)[nH]c2c1. The van der Waals surface area contributed by atoms with Crippen molar-refractivity contribution >= 4 is 38.7 Å². The molecule has 0 aliphatic rings. The number of rotatable bonds is 4. The van der Waals surface area contributed by atoms with Crippen LogP contribution >= 0.6 is 27.7 Å². The maximum absolute atomic E-state index is 5.50. The first-order valence-electron chi connectivity index (χ1n) is 6.59. The zero-order valence-electron chi connectivity index (χ0n) is 11.7. The standard InChI is InChI=1S/C15H14BrN3OS/c1-3-20-10-4-6-12-13(8-10)19-15(18-12)21-14-7-5-11(16)9(2)17-14/h4-8H,3H2,1-2H3,(H,18,19). The molecule has 3 rings (SSSR count). The fraction of sp³-hybridized carbons (Fsp3) is 0.200. The van der Waals surface area contributed by atoms with Gasteiger partial charge < -0.3 is 9.72 Å². The van der Waals surface area contributed by atoms with Gasteiger partial charge in [0.25, 0.3) is 0 Å². The molecule has 4 nitrogen and oxygen atoms in total. The Bertz CT molecular complexity index is 788. The summed E-state index contributed by atoms with van der Waals surface area (Å²) in [5, 5.41) is 1.74. The molecule has 0 atom stereocenters. The van der Waals surface area contributed by atoms with Crippen LogP contribution in [0.15, 0.2) is 45.0 Å². The van der Waals surface area contributed by atoms with Crippen molar-refractivity contribution in [1.29, 1.82) is 0 Å². The fourth-order valence-corrected chi connectivity index (χ4v) is 2.99. The number of imidazole rings is 1. The monoisotopic (exact) mass is 363 g/mol. The number of aromatic amines is 1. The number of ether oxygens (including phenoxy) is 1. The number of H-pyrrole nitrogens is 1. The lowest BCUT2D eigenvalue weighted by atomic mass is 10.3. The van der Waals surface area contributed by atoms with E-state index in [1.165, 1.54) is 11.8 Å². The average molecular weight is 364 g/mol. The molecular formula is C15H14BrN3OS. The lowest BCUT2D eigenvalue weighted by Crippen LogP contribution is -1.90. The number of nitrogens with one attached hydrogen (secondary N) is 1. The lowest BCUT2D eigenvalue weighted by Gasteiger charge is -2.01. The molecule has 1 N–H and O–H groups in total. The van der Waals surface area contributed by atoms with E-state index in [4.69, 9.17) is 4.74 Å². The molecule has 1 aromatic carbocycles. The van der Waals surface area contributed by atoms with Gasteiger partial charge in [-0.2, -0.15) is 0 Å². The molecule has 0 unspecified atom stereocenters. The number of aryl methyl sites for hydroxylation is 1. The van der Waals surface area contributed by atoms with E-state index >= 15 is 0 Å². The van der Waals surface area contributed by atoms with Gasteiger partial charge in [0.05, 0.1) is 23.3 Å². The Kier molecular flexibility index (Phi) is 4.17. The molecule has 0 radical (unpaired) electrons. The topological polar surface area (TPSA) is 50.8 Å². The van der Waals surface area contributed by atoms with Gasteiger partial charge in [-0.15, -0.1) is 0 Å². The highest BCUT2D eigenvalue weighted by Crippen LogP contribution is 2.28. The quantitative estimate of drug-likeness (QED) is 0.736. The first kappa shape index (κ1) is 14.4. The van der Waals surface area contributed by atoms with Crippen molar-refractivity contribution in [1.82, 2.24) is 15.0 Å². The van der Waals surface area contributed by atoms with Gasteiger partial charge in [0.15, 0.2) is 5.16 Å². The third-order valence-electron chi connectivity index (χ3n) is 2.94. The highest BCUT2D eigenvalue weighted by molar-refractivity contribution is 9.10. The van der Waals surface area contributed by atoms with E-state index in [0.29, 0.717) is 6.61 Å². The van der Waals surface area contributed by atoms with Crippen molar-refractivity contribution in [3.05, 3.63) is 40.5 Å². The van der Waals surface area contributed by atoms with Crippen molar-refractivity contribution in [3.8, 4) is 5.75 Å². The summed E-state index contributed by atoms with van der Waals surface area (Å²) in [6, 6.07) is 9.83. The Labute approximate surface area is 135 Å². The third-order valence-corrected chi connectivity index (χ3v) is 4.60. The molecule has 0 fully saturated rings. The summed E-state index contributed by atoms with van der Waals surface area (Å²) >= 11 is 4.97. The van der Waals surface area contributed by atoms with Crippen LogP contribution in [-0.2, 0) is 0 Å². The van der Waals surface area contributed by atoms with Crippen LogP contribution in [0.5, 0.6) is 5.75 Å². The fourth-order valence-electron chi connectivity index (χ4n) is 1.95. The van der Waals surface area contributed by atoms with Crippen LogP contribution in [0.25, 0.3) is 11.0 Å². The number of aromatic nitrogens is 3. The van der Waals surface area contributed by atoms with E-state index in [1.54, 1.807) is 0 Å². The number of nitrogens with zero attached hydrogens (tertiary/aromatic N) is 2. The second kappa shape index (κ2) is 6.07. The summed E-state index contributed by atoms with van der Waals surface area (Å²) in [5.41, 5.74) is 2.86. The van der Waals surface area contributed by atoms with Crippen molar-refractivity contribution < 1.29 is 4.74 Å². The zero-order valence-corrected chi connectivity index (χ0v) is 14.1. The molecule has 0 saturated heterocycles. The highest BCUT2D eigenvalue weighted by Gasteiger charge is 2.07. The molecule has 0 bridgehead atoms. The van der Waals surface area contributed by atoms with E-state index in [1.807, 2.05) is 44.2 Å². The predicted octanol–water partition coefficient (Wildman–Crippen LogP) is 4.58. The highest BCUT2D eigenvalue weighted by atomic mass is 79.9. The van der Waals surface area contributed by atoms with E-state index in [2.05, 4.69) is 30.9 Å². The molecule has 6 heteroatoms. The molecule has 3 aromatic rings. The van der Waals surface area contributed by atoms with Gasteiger partial charge in [-0.05, 0) is 65.8 Å². The molecule has 0 aliphatic carbocycles. The largest absolute Gasteiger partial charge is 0.494 e. The van der Waals surface area contributed by atoms with Gasteiger partial charge in [0.2, 0.25) is 0 Å². The van der Waals surface area contributed by atoms with E-state index in [-0.39, 0.29) is 0 Å². The van der Waals surface area contributed by atoms with Gasteiger partial charge in [-0.25, -0.2) is 9.97 Å². The number of pyridine rings is 1. The predicted molar refractivity (Wildman–Crippen MR) is 88.1 cm³/mol. The first-order valence-corrected chi connectivity index (χ1v) is 8.20. The van der Waals surface area contributed by atoms with Crippen molar-refractivity contribution in [2.75, 3.05) is 6.61 Å². The Balaban J connectivity index is 1.88. The van der Waals surface area contributed by atoms with Crippen molar-refractivity contribution in [3.63, 3.8) is 0 Å². The molecule has 2 heterocycles. The van der Waals surface area contributed by atoms with Crippen molar-refractivity contribution in [2.45, 2.75) is 24.0 Å². The Hall–Kier alpha value is -1.53. The smallest absolute Gasteiger partial charge is 0.172 e. The third kappa shape index (κ3) is 3.22. The molecule has 21 heavy (non-hydrogen) atoms. The Morgan fingerprint density at radius 3 is 2.86 bits per heavy atom. The molecular weight excluding hydrogens is 350 g/mol. The van der Waals surface area contributed by atoms with Crippen LogP contribution in [0.1, 0.15) is 12.6 Å². The molecule has 0 spiro atoms.